The summed E-state index contributed by atoms with van der Waals surface area (Å²) >= 11 is 6.90. The first-order chi connectivity index (χ1) is 21.2. The van der Waals surface area contributed by atoms with E-state index in [1.807, 2.05) is 51.6 Å². The van der Waals surface area contributed by atoms with Crippen molar-refractivity contribution < 1.29 is 31.5 Å². The number of carbonyl (C=O) groups is 2. The van der Waals surface area contributed by atoms with Gasteiger partial charge in [0, 0.05) is 65.1 Å². The van der Waals surface area contributed by atoms with E-state index in [0.29, 0.717) is 19.0 Å². The maximum Gasteiger partial charge on any atom is 0.417 e. The molecule has 0 saturated carbocycles. The highest BCUT2D eigenvalue weighted by Gasteiger charge is 2.41. The Labute approximate surface area is 269 Å². The molecular weight excluding hydrogens is 637 g/mol. The number of benzene rings is 2. The van der Waals surface area contributed by atoms with Crippen LogP contribution >= 0.6 is 23.4 Å². The predicted octanol–water partition coefficient (Wildman–Crippen LogP) is 6.79. The van der Waals surface area contributed by atoms with Crippen LogP contribution < -0.4 is 5.32 Å². The third kappa shape index (κ3) is 7.81. The Morgan fingerprint density at radius 1 is 1.13 bits per heavy atom. The zero-order chi connectivity index (χ0) is 33.8. The average molecular weight is 674 g/mol. The number of amidine groups is 1. The smallest absolute Gasteiger partial charge is 0.352 e. The number of nitrogens with one attached hydrogen (secondary N) is 1. The summed E-state index contributed by atoms with van der Waals surface area (Å²) in [6.45, 7) is 12.1. The molecular formula is C31H37ClF5N5O2S. The molecule has 2 heterocycles. The zero-order valence-electron chi connectivity index (χ0n) is 25.9. The minimum absolute atomic E-state index is 0.00866. The second-order valence-corrected chi connectivity index (χ2v) is 12.2. The largest absolute Gasteiger partial charge is 0.417 e. The number of hydrogen-bond acceptors (Lipinski definition) is 6. The molecule has 246 valence electrons. The van der Waals surface area contributed by atoms with Gasteiger partial charge in [-0.2, -0.15) is 13.2 Å². The Balaban J connectivity index is 0.00000271. The van der Waals surface area contributed by atoms with Gasteiger partial charge in [0.2, 0.25) is 12.3 Å². The Hall–Kier alpha value is -3.16. The van der Waals surface area contributed by atoms with Gasteiger partial charge in [0.25, 0.3) is 0 Å². The van der Waals surface area contributed by atoms with Gasteiger partial charge in [-0.3, -0.25) is 14.6 Å². The van der Waals surface area contributed by atoms with Gasteiger partial charge in [-0.05, 0) is 46.2 Å². The fourth-order valence-electron chi connectivity index (χ4n) is 5.65. The van der Waals surface area contributed by atoms with Gasteiger partial charge in [-0.15, -0.1) is 11.8 Å². The Kier molecular flexibility index (Phi) is 12.1. The first-order valence-corrected chi connectivity index (χ1v) is 15.7. The Bertz CT molecular complexity index is 1460. The van der Waals surface area contributed by atoms with E-state index in [-0.39, 0.29) is 58.8 Å². The van der Waals surface area contributed by atoms with Gasteiger partial charge in [-0.25, -0.2) is 8.78 Å². The van der Waals surface area contributed by atoms with E-state index in [2.05, 4.69) is 11.9 Å². The third-order valence-corrected chi connectivity index (χ3v) is 8.80. The molecule has 2 aliphatic heterocycles. The molecule has 1 fully saturated rings. The summed E-state index contributed by atoms with van der Waals surface area (Å²) in [4.78, 5) is 34.6. The number of rotatable bonds is 6. The standard InChI is InChI=1S/C29H31ClF5N5O2S.C2H6/c1-6-24(42)40-15(2)10-39(11-16(40)3)28-19-7-20(29(33,34)35)25(18-8-21(30)23(32)9-22(18)31)27(26(19)36-14-41)43-13-17(37-28)12-38(4)5;1-2/h6-9,14-17H,1,10-13H2,2-5H3,(H,36,41);1-2H3. The molecule has 7 nitrogen and oxygen atoms in total. The van der Waals surface area contributed by atoms with Crippen molar-refractivity contribution in [3.63, 3.8) is 0 Å². The molecule has 2 bridgehead atoms. The fraction of sp³-hybridized carbons (Fsp3) is 0.452. The van der Waals surface area contributed by atoms with Crippen molar-refractivity contribution in [2.75, 3.05) is 44.8 Å². The monoisotopic (exact) mass is 673 g/mol. The maximum atomic E-state index is 15.2. The van der Waals surface area contributed by atoms with Crippen molar-refractivity contribution in [1.29, 1.82) is 0 Å². The molecule has 14 heteroatoms. The summed E-state index contributed by atoms with van der Waals surface area (Å²) in [5.74, 6) is -2.24. The summed E-state index contributed by atoms with van der Waals surface area (Å²) < 4.78 is 73.7. The highest BCUT2D eigenvalue weighted by molar-refractivity contribution is 7.99. The molecule has 1 saturated heterocycles. The lowest BCUT2D eigenvalue weighted by molar-refractivity contribution is -0.137. The molecule has 0 aromatic heterocycles. The van der Waals surface area contributed by atoms with E-state index in [1.165, 1.54) is 6.08 Å². The number of piperazine rings is 1. The lowest BCUT2D eigenvalue weighted by Crippen LogP contribution is -2.59. The average Bonchev–Trinajstić information content (AvgIpc) is 2.96. The van der Waals surface area contributed by atoms with Crippen molar-refractivity contribution in [1.82, 2.24) is 14.7 Å². The number of thioether (sulfide) groups is 1. The summed E-state index contributed by atoms with van der Waals surface area (Å²) in [5, 5.41) is 1.99. The molecule has 1 N–H and O–H groups in total. The van der Waals surface area contributed by atoms with Crippen molar-refractivity contribution in [3.8, 4) is 11.1 Å². The lowest BCUT2D eigenvalue weighted by atomic mass is 9.93. The fourth-order valence-corrected chi connectivity index (χ4v) is 7.03. The molecule has 0 radical (unpaired) electrons. The van der Waals surface area contributed by atoms with Gasteiger partial charge in [0.15, 0.2) is 0 Å². The minimum Gasteiger partial charge on any atom is -0.352 e. The Morgan fingerprint density at radius 2 is 1.76 bits per heavy atom. The first-order valence-electron chi connectivity index (χ1n) is 14.4. The van der Waals surface area contributed by atoms with Gasteiger partial charge < -0.3 is 20.0 Å². The summed E-state index contributed by atoms with van der Waals surface area (Å²) in [7, 11) is 3.67. The molecule has 0 spiro atoms. The van der Waals surface area contributed by atoms with Crippen molar-refractivity contribution >= 4 is 47.2 Å². The van der Waals surface area contributed by atoms with Gasteiger partial charge in [-0.1, -0.05) is 32.0 Å². The quantitative estimate of drug-likeness (QED) is 0.158. The zero-order valence-corrected chi connectivity index (χ0v) is 27.5. The van der Waals surface area contributed by atoms with Crippen molar-refractivity contribution in [2.45, 2.75) is 56.9 Å². The van der Waals surface area contributed by atoms with Crippen LogP contribution in [0.3, 0.4) is 0 Å². The molecule has 45 heavy (non-hydrogen) atoms. The summed E-state index contributed by atoms with van der Waals surface area (Å²) in [6.07, 6.45) is -3.43. The lowest BCUT2D eigenvalue weighted by Gasteiger charge is -2.46. The van der Waals surface area contributed by atoms with Crippen LogP contribution in [-0.4, -0.2) is 90.5 Å². The van der Waals surface area contributed by atoms with Crippen LogP contribution in [0, 0.1) is 11.6 Å². The topological polar surface area (TPSA) is 68.2 Å². The van der Waals surface area contributed by atoms with Crippen molar-refractivity contribution in [3.05, 3.63) is 58.6 Å². The van der Waals surface area contributed by atoms with Crippen LogP contribution in [-0.2, 0) is 15.8 Å². The molecule has 3 unspecified atom stereocenters. The van der Waals surface area contributed by atoms with Crippen LogP contribution in [0.1, 0.15) is 38.8 Å². The molecule has 3 atom stereocenters. The first kappa shape index (κ1) is 36.3. The Morgan fingerprint density at radius 3 is 2.29 bits per heavy atom. The van der Waals surface area contributed by atoms with Gasteiger partial charge in [0.05, 0.1) is 22.3 Å². The van der Waals surface area contributed by atoms with Gasteiger partial charge in [0.1, 0.15) is 17.5 Å². The van der Waals surface area contributed by atoms with E-state index in [1.54, 1.807) is 4.90 Å². The molecule has 4 rings (SSSR count). The SMILES string of the molecule is C=CC(=O)N1C(C)CN(C2=NC(CN(C)C)CSc3c(NC=O)c2cc(C(F)(F)F)c3-c2cc(Cl)c(F)cc2F)CC1C.CC. The molecule has 2 amide bonds. The number of halogens is 6. The van der Waals surface area contributed by atoms with Crippen LogP contribution in [0.5, 0.6) is 0 Å². The van der Waals surface area contributed by atoms with Crippen molar-refractivity contribution in [2.24, 2.45) is 4.99 Å². The molecule has 0 aliphatic carbocycles. The molecule has 2 aromatic carbocycles. The highest BCUT2D eigenvalue weighted by Crippen LogP contribution is 2.49. The second kappa shape index (κ2) is 15.0. The van der Waals surface area contributed by atoms with E-state index in [9.17, 15) is 27.2 Å². The number of anilines is 1. The number of likely N-dealkylation sites (N-methyl/N-ethyl adjacent to an activating group) is 1. The van der Waals surface area contributed by atoms with E-state index >= 15 is 4.39 Å². The number of hydrogen-bond donors (Lipinski definition) is 1. The maximum absolute atomic E-state index is 15.2. The molecule has 2 aliphatic rings. The van der Waals surface area contributed by atoms with Crippen LogP contribution in [0.2, 0.25) is 5.02 Å². The minimum atomic E-state index is -4.98. The second-order valence-electron chi connectivity index (χ2n) is 10.8. The highest BCUT2D eigenvalue weighted by atomic mass is 35.5. The number of amides is 2. The number of nitrogens with zero attached hydrogens (tertiary/aromatic N) is 4. The summed E-state index contributed by atoms with van der Waals surface area (Å²) in [6, 6.07) is 0.997. The van der Waals surface area contributed by atoms with Gasteiger partial charge >= 0.3 is 6.18 Å². The number of aliphatic imine (C=N–C) groups is 1. The van der Waals surface area contributed by atoms with E-state index < -0.39 is 45.6 Å². The predicted molar refractivity (Wildman–Crippen MR) is 170 cm³/mol. The number of fused-ring (bicyclic) bond motifs is 2. The van der Waals surface area contributed by atoms with Crippen LogP contribution in [0.15, 0.2) is 40.7 Å². The number of carbonyl (C=O) groups excluding carboxylic acids is 2. The molecule has 2 aromatic rings. The van der Waals surface area contributed by atoms with E-state index in [0.717, 1.165) is 23.9 Å². The normalized spacial score (nSPS) is 20.0. The van der Waals surface area contributed by atoms with E-state index in [4.69, 9.17) is 16.6 Å². The van der Waals surface area contributed by atoms with Crippen LogP contribution in [0.4, 0.5) is 27.6 Å². The summed E-state index contributed by atoms with van der Waals surface area (Å²) in [5.41, 5.74) is -2.30. The van der Waals surface area contributed by atoms with Crippen LogP contribution in [0.25, 0.3) is 11.1 Å². The number of alkyl halides is 3. The third-order valence-electron chi connectivity index (χ3n) is 7.26.